The van der Waals surface area contributed by atoms with Gasteiger partial charge in [0.05, 0.1) is 41.5 Å². The third-order valence-corrected chi connectivity index (χ3v) is 8.04. The van der Waals surface area contributed by atoms with Gasteiger partial charge in [-0.3, -0.25) is 9.69 Å². The van der Waals surface area contributed by atoms with Crippen LogP contribution in [0.3, 0.4) is 0 Å². The molecule has 2 aliphatic heterocycles. The summed E-state index contributed by atoms with van der Waals surface area (Å²) in [5.74, 6) is -0.240. The molecular weight excluding hydrogens is 551 g/mol. The molecule has 6 rings (SSSR count). The zero-order chi connectivity index (χ0) is 29.9. The number of carboxylic acid groups (broad SMARTS) is 1. The maximum atomic E-state index is 14.5. The van der Waals surface area contributed by atoms with E-state index in [9.17, 15) is 19.1 Å². The number of aromatic nitrogens is 3. The molecule has 1 atom stereocenters. The number of benzene rings is 2. The fourth-order valence-corrected chi connectivity index (χ4v) is 5.42. The van der Waals surface area contributed by atoms with Gasteiger partial charge < -0.3 is 19.1 Å². The van der Waals surface area contributed by atoms with Gasteiger partial charge in [0.25, 0.3) is 0 Å². The SMILES string of the molecule is CCC(=O)c1ccc(COc2cccc(C3=CCN(Cc4nc5ccc(C(=O)O)cc5n4C[C@@H]4CCO4)CC3)n2)c(F)c1. The van der Waals surface area contributed by atoms with Gasteiger partial charge >= 0.3 is 5.97 Å². The van der Waals surface area contributed by atoms with Gasteiger partial charge in [-0.15, -0.1) is 0 Å². The van der Waals surface area contributed by atoms with Gasteiger partial charge in [-0.25, -0.2) is 19.2 Å². The molecule has 2 aromatic heterocycles. The van der Waals surface area contributed by atoms with Crippen molar-refractivity contribution in [3.8, 4) is 5.88 Å². The van der Waals surface area contributed by atoms with Crippen molar-refractivity contribution in [2.24, 2.45) is 0 Å². The number of hydrogen-bond donors (Lipinski definition) is 1. The van der Waals surface area contributed by atoms with E-state index in [-0.39, 0.29) is 24.1 Å². The average Bonchev–Trinajstić information content (AvgIpc) is 3.34. The Bertz CT molecular complexity index is 1710. The zero-order valence-electron chi connectivity index (χ0n) is 24.0. The molecule has 0 bridgehead atoms. The van der Waals surface area contributed by atoms with Crippen molar-refractivity contribution in [3.63, 3.8) is 0 Å². The van der Waals surface area contributed by atoms with Gasteiger partial charge in [-0.1, -0.05) is 31.2 Å². The summed E-state index contributed by atoms with van der Waals surface area (Å²) in [5, 5.41) is 9.50. The summed E-state index contributed by atoms with van der Waals surface area (Å²) in [5.41, 5.74) is 4.48. The van der Waals surface area contributed by atoms with Crippen molar-refractivity contribution in [2.75, 3.05) is 19.7 Å². The van der Waals surface area contributed by atoms with Crippen LogP contribution in [0.4, 0.5) is 4.39 Å². The van der Waals surface area contributed by atoms with Gasteiger partial charge in [-0.2, -0.15) is 0 Å². The predicted octanol–water partition coefficient (Wildman–Crippen LogP) is 5.52. The van der Waals surface area contributed by atoms with E-state index in [1.165, 1.54) is 6.07 Å². The van der Waals surface area contributed by atoms with Crippen molar-refractivity contribution < 1.29 is 28.6 Å². The van der Waals surface area contributed by atoms with Gasteiger partial charge in [0.1, 0.15) is 18.2 Å². The van der Waals surface area contributed by atoms with E-state index in [1.54, 1.807) is 43.3 Å². The molecule has 43 heavy (non-hydrogen) atoms. The maximum absolute atomic E-state index is 14.5. The van der Waals surface area contributed by atoms with E-state index in [4.69, 9.17) is 14.5 Å². The molecule has 222 valence electrons. The summed E-state index contributed by atoms with van der Waals surface area (Å²) in [4.78, 5) is 35.3. The number of aromatic carboxylic acids is 1. The second-order valence-electron chi connectivity index (χ2n) is 10.9. The molecule has 2 aromatic carbocycles. The van der Waals surface area contributed by atoms with Crippen LogP contribution in [0.2, 0.25) is 0 Å². The molecule has 0 radical (unpaired) electrons. The van der Waals surface area contributed by atoms with E-state index in [0.29, 0.717) is 43.1 Å². The minimum absolute atomic E-state index is 0.0105. The summed E-state index contributed by atoms with van der Waals surface area (Å²) in [6, 6.07) is 15.1. The molecule has 0 unspecified atom stereocenters. The fourth-order valence-electron chi connectivity index (χ4n) is 5.42. The predicted molar refractivity (Wildman–Crippen MR) is 159 cm³/mol. The number of nitrogens with zero attached hydrogens (tertiary/aromatic N) is 4. The van der Waals surface area contributed by atoms with Crippen LogP contribution in [0.25, 0.3) is 16.6 Å². The summed E-state index contributed by atoms with van der Waals surface area (Å²) >= 11 is 0. The zero-order valence-corrected chi connectivity index (χ0v) is 24.0. The Morgan fingerprint density at radius 3 is 2.65 bits per heavy atom. The molecular formula is C33H33FN4O5. The minimum atomic E-state index is -0.959. The largest absolute Gasteiger partial charge is 0.478 e. The maximum Gasteiger partial charge on any atom is 0.335 e. The lowest BCUT2D eigenvalue weighted by Crippen LogP contribution is -2.33. The summed E-state index contributed by atoms with van der Waals surface area (Å²) in [7, 11) is 0. The molecule has 1 fully saturated rings. The summed E-state index contributed by atoms with van der Waals surface area (Å²) in [6.45, 7) is 5.28. The summed E-state index contributed by atoms with van der Waals surface area (Å²) in [6.07, 6.45) is 4.35. The lowest BCUT2D eigenvalue weighted by Gasteiger charge is -2.29. The third-order valence-electron chi connectivity index (χ3n) is 8.04. The molecule has 10 heteroatoms. The van der Waals surface area contributed by atoms with Gasteiger partial charge in [0.2, 0.25) is 5.88 Å². The average molecular weight is 585 g/mol. The molecule has 4 heterocycles. The molecule has 2 aliphatic rings. The number of imidazole rings is 1. The van der Waals surface area contributed by atoms with Crippen LogP contribution in [0.1, 0.15) is 64.0 Å². The molecule has 9 nitrogen and oxygen atoms in total. The molecule has 4 aromatic rings. The van der Waals surface area contributed by atoms with Crippen LogP contribution in [0, 0.1) is 5.82 Å². The highest BCUT2D eigenvalue weighted by atomic mass is 19.1. The lowest BCUT2D eigenvalue weighted by molar-refractivity contribution is -0.0591. The number of ketones is 1. The van der Waals surface area contributed by atoms with E-state index in [1.807, 2.05) is 12.1 Å². The van der Waals surface area contributed by atoms with Crippen LogP contribution in [-0.4, -0.2) is 62.1 Å². The molecule has 0 saturated carbocycles. The Morgan fingerprint density at radius 1 is 1.12 bits per heavy atom. The number of ether oxygens (including phenoxy) is 2. The first-order chi connectivity index (χ1) is 20.9. The first kappa shape index (κ1) is 28.7. The smallest absolute Gasteiger partial charge is 0.335 e. The monoisotopic (exact) mass is 584 g/mol. The van der Waals surface area contributed by atoms with Crippen LogP contribution in [-0.2, 0) is 24.4 Å². The van der Waals surface area contributed by atoms with Crippen LogP contribution in [0.15, 0.2) is 60.7 Å². The number of halogens is 1. The van der Waals surface area contributed by atoms with Gasteiger partial charge in [0.15, 0.2) is 5.78 Å². The van der Waals surface area contributed by atoms with Crippen molar-refractivity contribution in [1.29, 1.82) is 0 Å². The molecule has 1 saturated heterocycles. The number of carboxylic acids is 1. The Balaban J connectivity index is 1.12. The topological polar surface area (TPSA) is 107 Å². The first-order valence-corrected chi connectivity index (χ1v) is 14.5. The quantitative estimate of drug-likeness (QED) is 0.230. The number of Topliss-reactive ketones (excluding diaryl/α,β-unsaturated/α-hetero) is 1. The lowest BCUT2D eigenvalue weighted by atomic mass is 10.0. The minimum Gasteiger partial charge on any atom is -0.478 e. The number of hydrogen-bond acceptors (Lipinski definition) is 7. The Hall–Kier alpha value is -4.41. The van der Waals surface area contributed by atoms with Crippen molar-refractivity contribution >= 4 is 28.4 Å². The van der Waals surface area contributed by atoms with Crippen LogP contribution in [0.5, 0.6) is 5.88 Å². The Labute approximate surface area is 248 Å². The van der Waals surface area contributed by atoms with Crippen LogP contribution >= 0.6 is 0 Å². The van der Waals surface area contributed by atoms with Gasteiger partial charge in [-0.05, 0) is 48.7 Å². The second kappa shape index (κ2) is 12.4. The highest BCUT2D eigenvalue weighted by molar-refractivity contribution is 5.96. The number of fused-ring (bicyclic) bond motifs is 1. The highest BCUT2D eigenvalue weighted by Crippen LogP contribution is 2.27. The van der Waals surface area contributed by atoms with E-state index < -0.39 is 11.8 Å². The third kappa shape index (κ3) is 6.35. The number of pyridine rings is 1. The van der Waals surface area contributed by atoms with Gasteiger partial charge in [0, 0.05) is 43.3 Å². The molecule has 0 aliphatic carbocycles. The van der Waals surface area contributed by atoms with Crippen molar-refractivity contribution in [3.05, 3.63) is 94.7 Å². The van der Waals surface area contributed by atoms with E-state index >= 15 is 0 Å². The fraction of sp³-hybridized carbons (Fsp3) is 0.333. The van der Waals surface area contributed by atoms with Crippen LogP contribution < -0.4 is 4.74 Å². The standard InChI is InChI=1S/C33H33FN4O5/c1-2-30(39)22-6-7-24(26(34)16-22)20-43-32-5-3-4-27(36-32)21-10-13-37(14-11-21)19-31-35-28-9-8-23(33(40)41)17-29(28)38(31)18-25-12-15-42-25/h3-10,16-17,25H,2,11-15,18-20H2,1H3,(H,40,41)/t25-/m0/s1. The molecule has 0 spiro atoms. The number of carbonyl (C=O) groups excluding carboxylic acids is 1. The Morgan fingerprint density at radius 2 is 1.95 bits per heavy atom. The number of carbonyl (C=O) groups is 2. The van der Waals surface area contributed by atoms with E-state index in [0.717, 1.165) is 54.1 Å². The Kier molecular flexibility index (Phi) is 8.31. The highest BCUT2D eigenvalue weighted by Gasteiger charge is 2.24. The number of rotatable bonds is 11. The normalized spacial score (nSPS) is 17.0. The van der Waals surface area contributed by atoms with Crippen molar-refractivity contribution in [1.82, 2.24) is 19.4 Å². The summed E-state index contributed by atoms with van der Waals surface area (Å²) < 4.78 is 28.1. The second-order valence-corrected chi connectivity index (χ2v) is 10.9. The van der Waals surface area contributed by atoms with Crippen molar-refractivity contribution in [2.45, 2.75) is 52.0 Å². The van der Waals surface area contributed by atoms with E-state index in [2.05, 4.69) is 20.5 Å². The first-order valence-electron chi connectivity index (χ1n) is 14.5. The molecule has 1 N–H and O–H groups in total. The molecule has 0 amide bonds.